The first-order valence-corrected chi connectivity index (χ1v) is 11.5. The van der Waals surface area contributed by atoms with Crippen LogP contribution < -0.4 is 16.2 Å². The standard InChI is InChI=1S/C24H28N8O2/c1-3-4-12-30-22-20(28-24(30)29-11-7-8-17(25)14-29)13-26-31(23(22)33)15-21-27-19-10-6-5-9-18(19)16(2)32(21)34/h5-6,9-10,13,16-17,34H,7-8,11-12,14-15,25H2,1-2H3/t16?,17-/m1/s1. The van der Waals surface area contributed by atoms with Crippen LogP contribution in [0.3, 0.4) is 0 Å². The maximum atomic E-state index is 13.6. The number of hydrogen-bond donors (Lipinski definition) is 2. The third kappa shape index (κ3) is 3.83. The van der Waals surface area contributed by atoms with E-state index in [2.05, 4.69) is 26.8 Å². The fourth-order valence-corrected chi connectivity index (χ4v) is 4.66. The fourth-order valence-electron chi connectivity index (χ4n) is 4.66. The van der Waals surface area contributed by atoms with E-state index in [0.29, 0.717) is 35.9 Å². The van der Waals surface area contributed by atoms with Gasteiger partial charge in [-0.05, 0) is 32.8 Å². The van der Waals surface area contributed by atoms with Gasteiger partial charge < -0.3 is 10.6 Å². The van der Waals surface area contributed by atoms with Crippen LogP contribution in [0.5, 0.6) is 0 Å². The highest BCUT2D eigenvalue weighted by Gasteiger charge is 2.28. The molecule has 2 aliphatic heterocycles. The number of nitrogens with zero attached hydrogens (tertiary/aromatic N) is 7. The molecule has 10 nitrogen and oxygen atoms in total. The Hall–Kier alpha value is -3.68. The summed E-state index contributed by atoms with van der Waals surface area (Å²) < 4.78 is 3.16. The van der Waals surface area contributed by atoms with E-state index in [-0.39, 0.29) is 24.2 Å². The van der Waals surface area contributed by atoms with Crippen molar-refractivity contribution < 1.29 is 5.21 Å². The second-order valence-electron chi connectivity index (χ2n) is 8.72. The molecule has 176 valence electrons. The van der Waals surface area contributed by atoms with Gasteiger partial charge in [0.05, 0.1) is 24.5 Å². The number of imidazole rings is 1. The van der Waals surface area contributed by atoms with Gasteiger partial charge in [-0.3, -0.25) is 14.6 Å². The maximum absolute atomic E-state index is 13.6. The summed E-state index contributed by atoms with van der Waals surface area (Å²) in [6, 6.07) is 7.42. The molecule has 1 saturated heterocycles. The molecule has 1 fully saturated rings. The molecule has 0 spiro atoms. The molecule has 0 radical (unpaired) electrons. The van der Waals surface area contributed by atoms with Crippen LogP contribution in [0.1, 0.15) is 38.3 Å². The van der Waals surface area contributed by atoms with E-state index in [1.165, 1.54) is 4.68 Å². The molecule has 4 heterocycles. The van der Waals surface area contributed by atoms with Gasteiger partial charge in [0.1, 0.15) is 17.6 Å². The number of piperidine rings is 1. The summed E-state index contributed by atoms with van der Waals surface area (Å²) in [7, 11) is 0. The molecule has 3 N–H and O–H groups in total. The van der Waals surface area contributed by atoms with Gasteiger partial charge in [0.25, 0.3) is 5.56 Å². The molecular weight excluding hydrogens is 432 g/mol. The van der Waals surface area contributed by atoms with Gasteiger partial charge >= 0.3 is 0 Å². The third-order valence-corrected chi connectivity index (χ3v) is 6.44. The number of aromatic nitrogens is 4. The van der Waals surface area contributed by atoms with Crippen LogP contribution in [-0.4, -0.2) is 54.6 Å². The van der Waals surface area contributed by atoms with E-state index >= 15 is 0 Å². The lowest BCUT2D eigenvalue weighted by atomic mass is 10.0. The van der Waals surface area contributed by atoms with Crippen LogP contribution in [-0.2, 0) is 13.1 Å². The summed E-state index contributed by atoms with van der Waals surface area (Å²) in [5, 5.41) is 16.2. The van der Waals surface area contributed by atoms with E-state index in [1.54, 1.807) is 13.1 Å². The Morgan fingerprint density at radius 2 is 2.12 bits per heavy atom. The topological polar surface area (TPSA) is 118 Å². The summed E-state index contributed by atoms with van der Waals surface area (Å²) in [6.45, 7) is 5.53. The lowest BCUT2D eigenvalue weighted by Crippen LogP contribution is -2.44. The number of hydroxylamine groups is 2. The maximum Gasteiger partial charge on any atom is 0.293 e. The van der Waals surface area contributed by atoms with E-state index in [0.717, 1.165) is 35.7 Å². The predicted octanol–water partition coefficient (Wildman–Crippen LogP) is 2.04. The number of aliphatic imine (C=N–C) groups is 1. The van der Waals surface area contributed by atoms with Gasteiger partial charge in [-0.1, -0.05) is 24.1 Å². The summed E-state index contributed by atoms with van der Waals surface area (Å²) in [6.07, 6.45) is 3.53. The Morgan fingerprint density at radius 3 is 2.91 bits per heavy atom. The first-order valence-electron chi connectivity index (χ1n) is 11.5. The minimum absolute atomic E-state index is 0.0263. The van der Waals surface area contributed by atoms with Gasteiger partial charge in [-0.25, -0.2) is 19.7 Å². The minimum atomic E-state index is -0.307. The average molecular weight is 461 g/mol. The molecule has 0 saturated carbocycles. The van der Waals surface area contributed by atoms with Gasteiger partial charge in [-0.2, -0.15) is 5.10 Å². The number of benzene rings is 1. The molecule has 2 atom stereocenters. The molecule has 0 aliphatic carbocycles. The van der Waals surface area contributed by atoms with Crippen LogP contribution in [0.4, 0.5) is 11.6 Å². The molecule has 10 heteroatoms. The molecule has 3 aromatic rings. The molecule has 2 aliphatic rings. The zero-order valence-corrected chi connectivity index (χ0v) is 19.3. The van der Waals surface area contributed by atoms with Crippen molar-refractivity contribution >= 4 is 28.5 Å². The molecular formula is C24H28N8O2. The highest BCUT2D eigenvalue weighted by molar-refractivity contribution is 5.87. The predicted molar refractivity (Wildman–Crippen MR) is 130 cm³/mol. The van der Waals surface area contributed by atoms with Crippen LogP contribution >= 0.6 is 0 Å². The zero-order valence-electron chi connectivity index (χ0n) is 19.3. The van der Waals surface area contributed by atoms with Crippen LogP contribution in [0.15, 0.2) is 40.2 Å². The molecule has 2 aromatic heterocycles. The first-order chi connectivity index (χ1) is 16.5. The van der Waals surface area contributed by atoms with E-state index in [9.17, 15) is 10.0 Å². The van der Waals surface area contributed by atoms with Crippen molar-refractivity contribution in [3.8, 4) is 11.8 Å². The first kappa shape index (κ1) is 22.1. The highest BCUT2D eigenvalue weighted by atomic mass is 16.5. The number of anilines is 1. The fraction of sp³-hybridized carbons (Fsp3) is 0.417. The normalized spacial score (nSPS) is 20.1. The summed E-state index contributed by atoms with van der Waals surface area (Å²) in [5.41, 5.74) is 8.53. The van der Waals surface area contributed by atoms with Crippen molar-refractivity contribution in [1.82, 2.24) is 24.4 Å². The van der Waals surface area contributed by atoms with E-state index in [1.807, 2.05) is 35.8 Å². The summed E-state index contributed by atoms with van der Waals surface area (Å²) in [5.74, 6) is 7.00. The molecule has 1 aromatic carbocycles. The molecule has 1 unspecified atom stereocenters. The van der Waals surface area contributed by atoms with Gasteiger partial charge in [-0.15, -0.1) is 5.92 Å². The van der Waals surface area contributed by atoms with Gasteiger partial charge in [0, 0.05) is 24.7 Å². The quantitative estimate of drug-likeness (QED) is 0.572. The number of para-hydroxylation sites is 1. The monoisotopic (exact) mass is 460 g/mol. The Bertz CT molecular complexity index is 1380. The Morgan fingerprint density at radius 1 is 1.29 bits per heavy atom. The Labute approximate surface area is 197 Å². The van der Waals surface area contributed by atoms with Crippen molar-refractivity contribution in [2.45, 2.75) is 51.9 Å². The Balaban J connectivity index is 1.57. The highest BCUT2D eigenvalue weighted by Crippen LogP contribution is 2.33. The summed E-state index contributed by atoms with van der Waals surface area (Å²) >= 11 is 0. The molecule has 34 heavy (non-hydrogen) atoms. The summed E-state index contributed by atoms with van der Waals surface area (Å²) in [4.78, 5) is 25.0. The number of rotatable bonds is 4. The van der Waals surface area contributed by atoms with Crippen LogP contribution in [0, 0.1) is 11.8 Å². The van der Waals surface area contributed by atoms with Crippen LogP contribution in [0.2, 0.25) is 0 Å². The van der Waals surface area contributed by atoms with E-state index in [4.69, 9.17) is 10.7 Å². The number of amidine groups is 1. The van der Waals surface area contributed by atoms with Crippen molar-refractivity contribution in [2.75, 3.05) is 18.0 Å². The van der Waals surface area contributed by atoms with Gasteiger partial charge in [0.2, 0.25) is 5.95 Å². The lowest BCUT2D eigenvalue weighted by molar-refractivity contribution is -0.0537. The third-order valence-electron chi connectivity index (χ3n) is 6.44. The number of fused-ring (bicyclic) bond motifs is 2. The van der Waals surface area contributed by atoms with Crippen molar-refractivity contribution in [3.05, 3.63) is 46.4 Å². The molecule has 5 rings (SSSR count). The van der Waals surface area contributed by atoms with E-state index < -0.39 is 0 Å². The Kier molecular flexibility index (Phi) is 5.81. The number of hydrogen-bond acceptors (Lipinski definition) is 8. The average Bonchev–Trinajstić information content (AvgIpc) is 3.22. The molecule has 0 amide bonds. The van der Waals surface area contributed by atoms with Crippen molar-refractivity contribution in [1.29, 1.82) is 0 Å². The van der Waals surface area contributed by atoms with Crippen molar-refractivity contribution in [3.63, 3.8) is 0 Å². The molecule has 0 bridgehead atoms. The lowest BCUT2D eigenvalue weighted by Gasteiger charge is -2.31. The number of nitrogens with two attached hydrogens (primary N) is 1. The second kappa shape index (κ2) is 8.93. The van der Waals surface area contributed by atoms with Crippen LogP contribution in [0.25, 0.3) is 11.0 Å². The zero-order chi connectivity index (χ0) is 23.8. The second-order valence-corrected chi connectivity index (χ2v) is 8.72. The largest absolute Gasteiger partial charge is 0.341 e. The minimum Gasteiger partial charge on any atom is -0.341 e. The smallest absolute Gasteiger partial charge is 0.293 e. The van der Waals surface area contributed by atoms with Crippen molar-refractivity contribution in [2.24, 2.45) is 10.7 Å². The SMILES string of the molecule is CC#CCn1c(N2CCC[C@@H](N)C2)nc2cnn(CC3=Nc4ccccc4C(C)N3O)c(=O)c21. The van der Waals surface area contributed by atoms with Gasteiger partial charge in [0.15, 0.2) is 5.84 Å².